The van der Waals surface area contributed by atoms with E-state index in [1.807, 2.05) is 0 Å². The summed E-state index contributed by atoms with van der Waals surface area (Å²) in [7, 11) is 0. The third-order valence-electron chi connectivity index (χ3n) is 3.80. The molecule has 0 spiro atoms. The van der Waals surface area contributed by atoms with Crippen LogP contribution in [0.3, 0.4) is 0 Å². The number of aryl methyl sites for hydroxylation is 4. The van der Waals surface area contributed by atoms with Crippen LogP contribution in [-0.4, -0.2) is 0 Å². The summed E-state index contributed by atoms with van der Waals surface area (Å²) in [4.78, 5) is 0. The van der Waals surface area contributed by atoms with Crippen molar-refractivity contribution in [2.45, 2.75) is 40.7 Å². The van der Waals surface area contributed by atoms with Gasteiger partial charge in [0.05, 0.1) is 0 Å². The Hall–Kier alpha value is -1.76. The molecule has 1 nitrogen and oxygen atoms in total. The van der Waals surface area contributed by atoms with Crippen molar-refractivity contribution in [3.63, 3.8) is 0 Å². The molecule has 0 saturated heterocycles. The Bertz CT molecular complexity index is 584. The largest absolute Gasteiger partial charge is 0.378 e. The highest BCUT2D eigenvalue weighted by Gasteiger charge is 2.08. The smallest absolute Gasteiger partial charge is 0.0485 e. The molecule has 0 heterocycles. The quantitative estimate of drug-likeness (QED) is 0.803. The van der Waals surface area contributed by atoms with Gasteiger partial charge in [0.2, 0.25) is 0 Å². The van der Waals surface area contributed by atoms with Crippen molar-refractivity contribution in [3.8, 4) is 0 Å². The molecule has 0 aliphatic heterocycles. The maximum Gasteiger partial charge on any atom is 0.0485 e. The molecule has 0 aliphatic carbocycles. The van der Waals surface area contributed by atoms with Crippen LogP contribution in [-0.2, 0) is 0 Å². The van der Waals surface area contributed by atoms with Gasteiger partial charge in [0.1, 0.15) is 0 Å². The zero-order valence-corrected chi connectivity index (χ0v) is 12.5. The van der Waals surface area contributed by atoms with E-state index in [4.69, 9.17) is 0 Å². The predicted molar refractivity (Wildman–Crippen MR) is 83.9 cm³/mol. The lowest BCUT2D eigenvalue weighted by Gasteiger charge is -2.19. The molecule has 2 aromatic rings. The van der Waals surface area contributed by atoms with Gasteiger partial charge >= 0.3 is 0 Å². The molecular formula is C18H23N. The fraction of sp³-hybridized carbons (Fsp3) is 0.333. The van der Waals surface area contributed by atoms with Gasteiger partial charge in [-0.25, -0.2) is 0 Å². The van der Waals surface area contributed by atoms with Gasteiger partial charge in [-0.3, -0.25) is 0 Å². The fourth-order valence-corrected chi connectivity index (χ4v) is 2.24. The molecule has 100 valence electrons. The molecule has 0 aliphatic rings. The Morgan fingerprint density at radius 3 is 2.16 bits per heavy atom. The lowest BCUT2D eigenvalue weighted by molar-refractivity contribution is 0.879. The molecule has 0 radical (unpaired) electrons. The van der Waals surface area contributed by atoms with Gasteiger partial charge in [0.25, 0.3) is 0 Å². The highest BCUT2D eigenvalue weighted by atomic mass is 14.9. The summed E-state index contributed by atoms with van der Waals surface area (Å²) in [5, 5.41) is 3.61. The van der Waals surface area contributed by atoms with Crippen LogP contribution >= 0.6 is 0 Å². The van der Waals surface area contributed by atoms with Crippen molar-refractivity contribution in [3.05, 3.63) is 64.2 Å². The number of rotatable bonds is 3. The zero-order chi connectivity index (χ0) is 14.0. The summed E-state index contributed by atoms with van der Waals surface area (Å²) in [6.45, 7) is 10.8. The van der Waals surface area contributed by atoms with E-state index in [1.165, 1.54) is 33.5 Å². The standard InChI is InChI=1S/C18H23N/c1-12-6-7-14(3)18(10-12)19-16(5)17-9-8-13(2)15(4)11-17/h6-11,16,19H,1-5H3. The van der Waals surface area contributed by atoms with Gasteiger partial charge in [0, 0.05) is 11.7 Å². The number of hydrogen-bond acceptors (Lipinski definition) is 1. The highest BCUT2D eigenvalue weighted by molar-refractivity contribution is 5.54. The second-order valence-electron chi connectivity index (χ2n) is 5.53. The molecule has 0 bridgehead atoms. The Kier molecular flexibility index (Phi) is 3.94. The SMILES string of the molecule is Cc1ccc(C)c(NC(C)c2ccc(C)c(C)c2)c1. The number of benzene rings is 2. The van der Waals surface area contributed by atoms with Crippen molar-refractivity contribution in [1.29, 1.82) is 0 Å². The molecule has 0 fully saturated rings. The van der Waals surface area contributed by atoms with E-state index in [1.54, 1.807) is 0 Å². The number of hydrogen-bond donors (Lipinski definition) is 1. The van der Waals surface area contributed by atoms with Crippen molar-refractivity contribution in [2.24, 2.45) is 0 Å². The Morgan fingerprint density at radius 1 is 0.789 bits per heavy atom. The Morgan fingerprint density at radius 2 is 1.47 bits per heavy atom. The maximum atomic E-state index is 3.61. The van der Waals surface area contributed by atoms with E-state index < -0.39 is 0 Å². The van der Waals surface area contributed by atoms with Crippen LogP contribution in [0, 0.1) is 27.7 Å². The lowest BCUT2D eigenvalue weighted by Crippen LogP contribution is -2.08. The fourth-order valence-electron chi connectivity index (χ4n) is 2.24. The second-order valence-corrected chi connectivity index (χ2v) is 5.53. The van der Waals surface area contributed by atoms with Crippen LogP contribution in [0.15, 0.2) is 36.4 Å². The molecule has 2 rings (SSSR count). The van der Waals surface area contributed by atoms with Gasteiger partial charge in [0.15, 0.2) is 0 Å². The molecule has 19 heavy (non-hydrogen) atoms. The van der Waals surface area contributed by atoms with Gasteiger partial charge in [-0.1, -0.05) is 30.3 Å². The van der Waals surface area contributed by atoms with Crippen molar-refractivity contribution in [2.75, 3.05) is 5.32 Å². The molecule has 1 N–H and O–H groups in total. The first kappa shape index (κ1) is 13.7. The average Bonchev–Trinajstić information content (AvgIpc) is 2.37. The van der Waals surface area contributed by atoms with Gasteiger partial charge < -0.3 is 5.32 Å². The predicted octanol–water partition coefficient (Wildman–Crippen LogP) is 5.09. The van der Waals surface area contributed by atoms with Crippen molar-refractivity contribution < 1.29 is 0 Å². The lowest BCUT2D eigenvalue weighted by atomic mass is 10.0. The molecule has 0 aromatic heterocycles. The molecule has 2 aromatic carbocycles. The van der Waals surface area contributed by atoms with Crippen LogP contribution in [0.4, 0.5) is 5.69 Å². The van der Waals surface area contributed by atoms with Gasteiger partial charge in [-0.2, -0.15) is 0 Å². The molecule has 1 atom stereocenters. The summed E-state index contributed by atoms with van der Waals surface area (Å²) in [5.41, 5.74) is 7.85. The van der Waals surface area contributed by atoms with E-state index in [0.29, 0.717) is 6.04 Å². The molecule has 1 heteroatoms. The summed E-state index contributed by atoms with van der Waals surface area (Å²) >= 11 is 0. The van der Waals surface area contributed by atoms with Crippen LogP contribution < -0.4 is 5.32 Å². The first-order valence-corrected chi connectivity index (χ1v) is 6.88. The second kappa shape index (κ2) is 5.48. The minimum Gasteiger partial charge on any atom is -0.378 e. The molecule has 1 unspecified atom stereocenters. The van der Waals surface area contributed by atoms with Crippen LogP contribution in [0.25, 0.3) is 0 Å². The van der Waals surface area contributed by atoms with E-state index in [9.17, 15) is 0 Å². The summed E-state index contributed by atoms with van der Waals surface area (Å²) < 4.78 is 0. The Labute approximate surface area is 116 Å². The maximum absolute atomic E-state index is 3.61. The van der Waals surface area contributed by atoms with Crippen LogP contribution in [0.5, 0.6) is 0 Å². The molecular weight excluding hydrogens is 230 g/mol. The van der Waals surface area contributed by atoms with Crippen LogP contribution in [0.1, 0.15) is 40.8 Å². The Balaban J connectivity index is 2.22. The first-order chi connectivity index (χ1) is 8.97. The van der Waals surface area contributed by atoms with Gasteiger partial charge in [-0.15, -0.1) is 0 Å². The summed E-state index contributed by atoms with van der Waals surface area (Å²) in [5.74, 6) is 0. The normalized spacial score (nSPS) is 12.3. The monoisotopic (exact) mass is 253 g/mol. The van der Waals surface area contributed by atoms with Crippen LogP contribution in [0.2, 0.25) is 0 Å². The van der Waals surface area contributed by atoms with E-state index in [-0.39, 0.29) is 0 Å². The minimum absolute atomic E-state index is 0.319. The number of nitrogens with one attached hydrogen (secondary N) is 1. The minimum atomic E-state index is 0.319. The highest BCUT2D eigenvalue weighted by Crippen LogP contribution is 2.24. The first-order valence-electron chi connectivity index (χ1n) is 6.88. The van der Waals surface area contributed by atoms with E-state index in [2.05, 4.69) is 76.3 Å². The van der Waals surface area contributed by atoms with Gasteiger partial charge in [-0.05, 0) is 68.5 Å². The summed E-state index contributed by atoms with van der Waals surface area (Å²) in [6, 6.07) is 13.5. The number of anilines is 1. The topological polar surface area (TPSA) is 12.0 Å². The molecule has 0 saturated carbocycles. The van der Waals surface area contributed by atoms with Crippen molar-refractivity contribution >= 4 is 5.69 Å². The van der Waals surface area contributed by atoms with E-state index >= 15 is 0 Å². The third kappa shape index (κ3) is 3.17. The zero-order valence-electron chi connectivity index (χ0n) is 12.5. The molecule has 0 amide bonds. The summed E-state index contributed by atoms with van der Waals surface area (Å²) in [6.07, 6.45) is 0. The average molecular weight is 253 g/mol. The van der Waals surface area contributed by atoms with E-state index in [0.717, 1.165) is 0 Å². The third-order valence-corrected chi connectivity index (χ3v) is 3.80. The van der Waals surface area contributed by atoms with Crippen molar-refractivity contribution in [1.82, 2.24) is 0 Å².